The number of ketones is 1. The summed E-state index contributed by atoms with van der Waals surface area (Å²) in [7, 11) is 0. The highest BCUT2D eigenvalue weighted by atomic mass is 16.5. The van der Waals surface area contributed by atoms with Gasteiger partial charge in [0.05, 0.1) is 26.4 Å². The van der Waals surface area contributed by atoms with Crippen LogP contribution in [0.5, 0.6) is 0 Å². The second-order valence-electron chi connectivity index (χ2n) is 6.20. The zero-order valence-electron chi connectivity index (χ0n) is 12.3. The minimum absolute atomic E-state index is 0.263. The zero-order chi connectivity index (χ0) is 13.8. The molecule has 0 spiro atoms. The molecule has 3 rings (SSSR count). The lowest BCUT2D eigenvalue weighted by Crippen LogP contribution is -2.42. The molecule has 0 radical (unpaired) electrons. The maximum Gasteiger partial charge on any atom is 0.141 e. The average molecular weight is 282 g/mol. The molecule has 5 nitrogen and oxygen atoms in total. The quantitative estimate of drug-likeness (QED) is 0.739. The van der Waals surface area contributed by atoms with E-state index >= 15 is 0 Å². The van der Waals surface area contributed by atoms with E-state index in [2.05, 4.69) is 9.80 Å². The van der Waals surface area contributed by atoms with Crippen LogP contribution in [0.2, 0.25) is 0 Å². The van der Waals surface area contributed by atoms with Crippen molar-refractivity contribution in [2.45, 2.75) is 12.8 Å². The Kier molecular flexibility index (Phi) is 5.04. The molecule has 0 aromatic carbocycles. The fourth-order valence-corrected chi connectivity index (χ4v) is 3.57. The molecule has 1 saturated carbocycles. The number of carbonyl (C=O) groups is 1. The van der Waals surface area contributed by atoms with Crippen molar-refractivity contribution in [2.24, 2.45) is 11.8 Å². The lowest BCUT2D eigenvalue weighted by Gasteiger charge is -2.30. The van der Waals surface area contributed by atoms with Crippen LogP contribution in [0, 0.1) is 11.8 Å². The Bertz CT molecular complexity index is 295. The van der Waals surface area contributed by atoms with Crippen molar-refractivity contribution in [1.82, 2.24) is 9.80 Å². The molecule has 1 aliphatic carbocycles. The minimum atomic E-state index is 0.263. The summed E-state index contributed by atoms with van der Waals surface area (Å²) in [6.45, 7) is 9.10. The zero-order valence-corrected chi connectivity index (χ0v) is 12.3. The number of rotatable bonds is 4. The second-order valence-corrected chi connectivity index (χ2v) is 6.20. The molecule has 3 aliphatic rings. The fourth-order valence-electron chi connectivity index (χ4n) is 3.57. The van der Waals surface area contributed by atoms with E-state index in [0.717, 1.165) is 78.5 Å². The van der Waals surface area contributed by atoms with Gasteiger partial charge in [-0.3, -0.25) is 14.6 Å². The maximum atomic E-state index is 12.5. The van der Waals surface area contributed by atoms with Crippen molar-refractivity contribution >= 4 is 5.78 Å². The predicted octanol–water partition coefficient (Wildman–Crippen LogP) is 0.246. The minimum Gasteiger partial charge on any atom is -0.379 e. The number of carbonyl (C=O) groups excluding carboxylic acids is 1. The van der Waals surface area contributed by atoms with Gasteiger partial charge in [-0.05, 0) is 12.8 Å². The predicted molar refractivity (Wildman–Crippen MR) is 75.7 cm³/mol. The van der Waals surface area contributed by atoms with Gasteiger partial charge in [-0.25, -0.2) is 0 Å². The summed E-state index contributed by atoms with van der Waals surface area (Å²) in [5, 5.41) is 0. The maximum absolute atomic E-state index is 12.5. The molecule has 2 atom stereocenters. The number of hydrogen-bond acceptors (Lipinski definition) is 5. The first-order valence-corrected chi connectivity index (χ1v) is 7.97. The van der Waals surface area contributed by atoms with Crippen LogP contribution in [0.3, 0.4) is 0 Å². The molecule has 2 heterocycles. The van der Waals surface area contributed by atoms with Crippen LogP contribution in [0.15, 0.2) is 0 Å². The van der Waals surface area contributed by atoms with Gasteiger partial charge < -0.3 is 9.47 Å². The molecule has 2 aliphatic heterocycles. The topological polar surface area (TPSA) is 42.0 Å². The molecule has 0 bridgehead atoms. The lowest BCUT2D eigenvalue weighted by molar-refractivity contribution is -0.125. The van der Waals surface area contributed by atoms with Gasteiger partial charge in [0.15, 0.2) is 0 Å². The van der Waals surface area contributed by atoms with E-state index in [4.69, 9.17) is 9.47 Å². The summed E-state index contributed by atoms with van der Waals surface area (Å²) in [4.78, 5) is 17.3. The van der Waals surface area contributed by atoms with Crippen LogP contribution >= 0.6 is 0 Å². The highest BCUT2D eigenvalue weighted by molar-refractivity contribution is 5.85. The first-order valence-electron chi connectivity index (χ1n) is 7.97. The van der Waals surface area contributed by atoms with Crippen LogP contribution in [0.4, 0.5) is 0 Å². The highest BCUT2D eigenvalue weighted by Crippen LogP contribution is 2.29. The van der Waals surface area contributed by atoms with E-state index < -0.39 is 0 Å². The molecular weight excluding hydrogens is 256 g/mol. The standard InChI is InChI=1S/C15H26N2O3/c18-15-13(11-16-3-7-19-8-4-16)1-2-14(15)12-17-5-9-20-10-6-17/h13-14H,1-12H2/t13-,14-/m1/s1. The molecule has 0 aromatic rings. The summed E-state index contributed by atoms with van der Waals surface area (Å²) in [5.74, 6) is 1.03. The van der Waals surface area contributed by atoms with Gasteiger partial charge in [0.1, 0.15) is 5.78 Å². The van der Waals surface area contributed by atoms with Gasteiger partial charge >= 0.3 is 0 Å². The lowest BCUT2D eigenvalue weighted by atomic mass is 10.0. The first kappa shape index (κ1) is 14.4. The van der Waals surface area contributed by atoms with Crippen molar-refractivity contribution in [3.63, 3.8) is 0 Å². The van der Waals surface area contributed by atoms with Gasteiger partial charge in [0, 0.05) is 51.1 Å². The van der Waals surface area contributed by atoms with Gasteiger partial charge in [-0.2, -0.15) is 0 Å². The van der Waals surface area contributed by atoms with Gasteiger partial charge in [-0.1, -0.05) is 0 Å². The SMILES string of the molecule is O=C1[C@@H](CN2CCOCC2)CC[C@@H]1CN1CCOCC1. The summed E-state index contributed by atoms with van der Waals surface area (Å²) in [6.07, 6.45) is 2.15. The molecule has 0 aromatic heterocycles. The average Bonchev–Trinajstić information content (AvgIpc) is 2.83. The highest BCUT2D eigenvalue weighted by Gasteiger charge is 2.36. The molecule has 3 fully saturated rings. The molecule has 0 N–H and O–H groups in total. The number of morpholine rings is 2. The third-order valence-electron chi connectivity index (χ3n) is 4.83. The number of nitrogens with zero attached hydrogens (tertiary/aromatic N) is 2. The fraction of sp³-hybridized carbons (Fsp3) is 0.933. The Balaban J connectivity index is 1.46. The normalized spacial score (nSPS) is 33.7. The Morgan fingerprint density at radius 2 is 1.20 bits per heavy atom. The second kappa shape index (κ2) is 6.98. The van der Waals surface area contributed by atoms with E-state index in [0.29, 0.717) is 5.78 Å². The molecule has 0 unspecified atom stereocenters. The molecule has 20 heavy (non-hydrogen) atoms. The number of hydrogen-bond donors (Lipinski definition) is 0. The van der Waals surface area contributed by atoms with E-state index in [-0.39, 0.29) is 11.8 Å². The summed E-state index contributed by atoms with van der Waals surface area (Å²) in [6, 6.07) is 0. The number of Topliss-reactive ketones (excluding diaryl/α,β-unsaturated/α-hetero) is 1. The number of ether oxygens (including phenoxy) is 2. The van der Waals surface area contributed by atoms with Crippen molar-refractivity contribution in [2.75, 3.05) is 65.7 Å². The first-order chi connectivity index (χ1) is 9.83. The smallest absolute Gasteiger partial charge is 0.141 e. The van der Waals surface area contributed by atoms with Crippen molar-refractivity contribution in [3.05, 3.63) is 0 Å². The van der Waals surface area contributed by atoms with Crippen molar-refractivity contribution < 1.29 is 14.3 Å². The van der Waals surface area contributed by atoms with Crippen LogP contribution in [0.1, 0.15) is 12.8 Å². The Morgan fingerprint density at radius 1 is 0.800 bits per heavy atom. The Hall–Kier alpha value is -0.490. The molecular formula is C15H26N2O3. The van der Waals surface area contributed by atoms with Gasteiger partial charge in [0.2, 0.25) is 0 Å². The molecule has 5 heteroatoms. The molecule has 114 valence electrons. The van der Waals surface area contributed by atoms with E-state index in [1.54, 1.807) is 0 Å². The molecule has 2 saturated heterocycles. The van der Waals surface area contributed by atoms with Crippen molar-refractivity contribution in [3.8, 4) is 0 Å². The Labute approximate surface area is 121 Å². The monoisotopic (exact) mass is 282 g/mol. The van der Waals surface area contributed by atoms with Crippen LogP contribution in [-0.4, -0.2) is 81.3 Å². The van der Waals surface area contributed by atoms with E-state index in [1.165, 1.54) is 0 Å². The van der Waals surface area contributed by atoms with Crippen LogP contribution in [0.25, 0.3) is 0 Å². The largest absolute Gasteiger partial charge is 0.379 e. The van der Waals surface area contributed by atoms with E-state index in [1.807, 2.05) is 0 Å². The Morgan fingerprint density at radius 3 is 1.60 bits per heavy atom. The third-order valence-corrected chi connectivity index (χ3v) is 4.83. The van der Waals surface area contributed by atoms with Crippen molar-refractivity contribution in [1.29, 1.82) is 0 Å². The third kappa shape index (κ3) is 3.58. The summed E-state index contributed by atoms with van der Waals surface area (Å²) >= 11 is 0. The van der Waals surface area contributed by atoms with Crippen LogP contribution in [-0.2, 0) is 14.3 Å². The van der Waals surface area contributed by atoms with Crippen LogP contribution < -0.4 is 0 Å². The van der Waals surface area contributed by atoms with Gasteiger partial charge in [-0.15, -0.1) is 0 Å². The summed E-state index contributed by atoms with van der Waals surface area (Å²) < 4.78 is 10.7. The molecule has 0 amide bonds. The van der Waals surface area contributed by atoms with E-state index in [9.17, 15) is 4.79 Å². The summed E-state index contributed by atoms with van der Waals surface area (Å²) in [5.41, 5.74) is 0. The van der Waals surface area contributed by atoms with Gasteiger partial charge in [0.25, 0.3) is 0 Å².